The number of nitrogens with zero attached hydrogens (tertiary/aromatic N) is 1. The van der Waals surface area contributed by atoms with Gasteiger partial charge in [0.25, 0.3) is 0 Å². The van der Waals surface area contributed by atoms with E-state index in [0.717, 1.165) is 0 Å². The molecular formula is C9H15IN4O2. The topological polar surface area (TPSA) is 92.6 Å². The molecule has 4 N–H and O–H groups in total. The Balaban J connectivity index is 0.00000225. The Kier molecular flexibility index (Phi) is 7.34. The molecule has 0 fully saturated rings. The summed E-state index contributed by atoms with van der Waals surface area (Å²) in [7, 11) is 1.54. The fraction of sp³-hybridized carbons (Fsp3) is 0.333. The maximum atomic E-state index is 11.2. The summed E-state index contributed by atoms with van der Waals surface area (Å²) in [6, 6.07) is 3.55. The summed E-state index contributed by atoms with van der Waals surface area (Å²) < 4.78 is 5.05. The Hall–Kier alpha value is -1.25. The van der Waals surface area contributed by atoms with Crippen LogP contribution >= 0.6 is 24.0 Å². The molecule has 0 atom stereocenters. The summed E-state index contributed by atoms with van der Waals surface area (Å²) in [5.74, 6) is 0.779. The van der Waals surface area contributed by atoms with Crippen molar-refractivity contribution in [3.8, 4) is 0 Å². The van der Waals surface area contributed by atoms with Crippen LogP contribution in [0.1, 0.15) is 5.76 Å². The van der Waals surface area contributed by atoms with Gasteiger partial charge in [0.1, 0.15) is 5.76 Å². The first-order valence-corrected chi connectivity index (χ1v) is 4.47. The Morgan fingerprint density at radius 2 is 2.31 bits per heavy atom. The van der Waals surface area contributed by atoms with E-state index in [4.69, 9.17) is 10.2 Å². The standard InChI is InChI=1S/C9H14N4O2.HI/c1-11-9(10)13-6-8(14)12-5-7-3-2-4-15-7;/h2-4H,5-6H2,1H3,(H,12,14)(H3,10,11,13);1H. The summed E-state index contributed by atoms with van der Waals surface area (Å²) in [6.45, 7) is 0.473. The van der Waals surface area contributed by atoms with Crippen LogP contribution in [0.25, 0.3) is 0 Å². The minimum atomic E-state index is -0.169. The molecule has 0 saturated carbocycles. The van der Waals surface area contributed by atoms with E-state index in [0.29, 0.717) is 12.3 Å². The molecule has 6 nitrogen and oxygen atoms in total. The normalized spacial score (nSPS) is 10.4. The Morgan fingerprint density at radius 1 is 1.56 bits per heavy atom. The lowest BCUT2D eigenvalue weighted by Crippen LogP contribution is -2.40. The van der Waals surface area contributed by atoms with Gasteiger partial charge in [0.2, 0.25) is 5.91 Å². The molecule has 0 saturated heterocycles. The van der Waals surface area contributed by atoms with Gasteiger partial charge in [0.15, 0.2) is 5.96 Å². The van der Waals surface area contributed by atoms with E-state index >= 15 is 0 Å². The number of nitrogens with one attached hydrogen (secondary N) is 2. The van der Waals surface area contributed by atoms with Gasteiger partial charge in [0, 0.05) is 7.05 Å². The van der Waals surface area contributed by atoms with Crippen molar-refractivity contribution in [3.63, 3.8) is 0 Å². The predicted octanol–water partition coefficient (Wildman–Crippen LogP) is 0.0479. The molecule has 0 unspecified atom stereocenters. The molecule has 0 aromatic carbocycles. The van der Waals surface area contributed by atoms with Gasteiger partial charge in [-0.3, -0.25) is 9.79 Å². The fourth-order valence-corrected chi connectivity index (χ4v) is 0.911. The highest BCUT2D eigenvalue weighted by Crippen LogP contribution is 1.97. The smallest absolute Gasteiger partial charge is 0.239 e. The van der Waals surface area contributed by atoms with Gasteiger partial charge in [-0.2, -0.15) is 0 Å². The number of hydrogen-bond donors (Lipinski definition) is 3. The van der Waals surface area contributed by atoms with Gasteiger partial charge in [-0.25, -0.2) is 0 Å². The average Bonchev–Trinajstić information content (AvgIpc) is 2.75. The van der Waals surface area contributed by atoms with E-state index in [9.17, 15) is 4.79 Å². The maximum Gasteiger partial charge on any atom is 0.239 e. The van der Waals surface area contributed by atoms with Crippen LogP contribution in [0.3, 0.4) is 0 Å². The van der Waals surface area contributed by atoms with Gasteiger partial charge in [-0.05, 0) is 12.1 Å². The number of hydrogen-bond acceptors (Lipinski definition) is 3. The second kappa shape index (κ2) is 7.97. The second-order valence-electron chi connectivity index (χ2n) is 2.82. The van der Waals surface area contributed by atoms with Crippen LogP contribution < -0.4 is 16.4 Å². The van der Waals surface area contributed by atoms with Crippen molar-refractivity contribution in [2.75, 3.05) is 13.6 Å². The van der Waals surface area contributed by atoms with Crippen LogP contribution in [0.4, 0.5) is 0 Å². The van der Waals surface area contributed by atoms with Crippen LogP contribution in [0, 0.1) is 0 Å². The number of furan rings is 1. The van der Waals surface area contributed by atoms with Gasteiger partial charge in [-0.15, -0.1) is 24.0 Å². The molecule has 1 heterocycles. The predicted molar refractivity (Wildman–Crippen MR) is 71.5 cm³/mol. The van der Waals surface area contributed by atoms with Crippen molar-refractivity contribution >= 4 is 35.8 Å². The summed E-state index contributed by atoms with van der Waals surface area (Å²) in [5, 5.41) is 5.31. The lowest BCUT2D eigenvalue weighted by molar-refractivity contribution is -0.120. The summed E-state index contributed by atoms with van der Waals surface area (Å²) in [6.07, 6.45) is 1.56. The SMILES string of the molecule is CN=C(N)NCC(=O)NCc1ccco1.I. The van der Waals surface area contributed by atoms with E-state index in [-0.39, 0.29) is 42.4 Å². The Labute approximate surface area is 111 Å². The maximum absolute atomic E-state index is 11.2. The van der Waals surface area contributed by atoms with Crippen LogP contribution in [-0.4, -0.2) is 25.5 Å². The molecule has 7 heteroatoms. The third-order valence-corrected chi connectivity index (χ3v) is 1.71. The van der Waals surface area contributed by atoms with Crippen LogP contribution in [0.15, 0.2) is 27.8 Å². The van der Waals surface area contributed by atoms with Crippen molar-refractivity contribution < 1.29 is 9.21 Å². The summed E-state index contributed by atoms with van der Waals surface area (Å²) in [4.78, 5) is 14.9. The Morgan fingerprint density at radius 3 is 2.88 bits per heavy atom. The first-order chi connectivity index (χ1) is 7.22. The monoisotopic (exact) mass is 338 g/mol. The molecule has 0 spiro atoms. The molecule has 0 radical (unpaired) electrons. The van der Waals surface area contributed by atoms with Gasteiger partial charge >= 0.3 is 0 Å². The number of carbonyl (C=O) groups excluding carboxylic acids is 1. The number of nitrogens with two attached hydrogens (primary N) is 1. The first kappa shape index (κ1) is 14.8. The highest BCUT2D eigenvalue weighted by Gasteiger charge is 2.02. The first-order valence-electron chi connectivity index (χ1n) is 4.47. The van der Waals surface area contributed by atoms with Crippen molar-refractivity contribution in [1.82, 2.24) is 10.6 Å². The summed E-state index contributed by atoms with van der Waals surface area (Å²) in [5.41, 5.74) is 5.35. The number of rotatable bonds is 4. The molecule has 1 aromatic rings. The zero-order valence-corrected chi connectivity index (χ0v) is 11.2. The highest BCUT2D eigenvalue weighted by molar-refractivity contribution is 14.0. The third kappa shape index (κ3) is 5.59. The number of carbonyl (C=O) groups is 1. The largest absolute Gasteiger partial charge is 0.467 e. The number of guanidine groups is 1. The third-order valence-electron chi connectivity index (χ3n) is 1.71. The van der Waals surface area contributed by atoms with Crippen molar-refractivity contribution in [2.45, 2.75) is 6.54 Å². The fourth-order valence-electron chi connectivity index (χ4n) is 0.911. The molecule has 0 aliphatic carbocycles. The average molecular weight is 338 g/mol. The Bertz CT molecular complexity index is 337. The number of halogens is 1. The molecule has 0 aliphatic heterocycles. The molecule has 1 rings (SSSR count). The minimum absolute atomic E-state index is 0. The number of aliphatic imine (C=N–C) groups is 1. The molecular weight excluding hydrogens is 323 g/mol. The van der Waals surface area contributed by atoms with E-state index in [1.165, 1.54) is 0 Å². The zero-order chi connectivity index (χ0) is 11.1. The van der Waals surface area contributed by atoms with Crippen molar-refractivity contribution in [2.24, 2.45) is 10.7 Å². The van der Waals surface area contributed by atoms with Crippen LogP contribution in [0.2, 0.25) is 0 Å². The van der Waals surface area contributed by atoms with Gasteiger partial charge < -0.3 is 20.8 Å². The molecule has 16 heavy (non-hydrogen) atoms. The zero-order valence-electron chi connectivity index (χ0n) is 8.90. The van der Waals surface area contributed by atoms with E-state index in [2.05, 4.69) is 15.6 Å². The van der Waals surface area contributed by atoms with Crippen molar-refractivity contribution in [1.29, 1.82) is 0 Å². The van der Waals surface area contributed by atoms with Crippen molar-refractivity contribution in [3.05, 3.63) is 24.2 Å². The second-order valence-corrected chi connectivity index (χ2v) is 2.82. The lowest BCUT2D eigenvalue weighted by atomic mass is 10.4. The van der Waals surface area contributed by atoms with Crippen LogP contribution in [-0.2, 0) is 11.3 Å². The molecule has 0 bridgehead atoms. The van der Waals surface area contributed by atoms with E-state index in [1.807, 2.05) is 0 Å². The minimum Gasteiger partial charge on any atom is -0.467 e. The highest BCUT2D eigenvalue weighted by atomic mass is 127. The molecule has 0 aliphatic rings. The van der Waals surface area contributed by atoms with Crippen LogP contribution in [0.5, 0.6) is 0 Å². The molecule has 1 aromatic heterocycles. The van der Waals surface area contributed by atoms with E-state index < -0.39 is 0 Å². The quantitative estimate of drug-likeness (QED) is 0.411. The number of amides is 1. The summed E-state index contributed by atoms with van der Waals surface area (Å²) >= 11 is 0. The molecule has 90 valence electrons. The van der Waals surface area contributed by atoms with Gasteiger partial charge in [-0.1, -0.05) is 0 Å². The molecule has 1 amide bonds. The van der Waals surface area contributed by atoms with Gasteiger partial charge in [0.05, 0.1) is 19.4 Å². The lowest BCUT2D eigenvalue weighted by Gasteiger charge is -2.05. The van der Waals surface area contributed by atoms with E-state index in [1.54, 1.807) is 25.4 Å².